The molecular weight excluding hydrogens is 283 g/mol. The molecular formula is C14H26Cl2N2O. The highest BCUT2D eigenvalue weighted by atomic mass is 35.5. The van der Waals surface area contributed by atoms with Gasteiger partial charge in [-0.1, -0.05) is 12.1 Å². The second kappa shape index (κ2) is 12.5. The Morgan fingerprint density at radius 2 is 1.74 bits per heavy atom. The Labute approximate surface area is 129 Å². The smallest absolute Gasteiger partial charge is 0.119 e. The Kier molecular flexibility index (Phi) is 13.8. The fourth-order valence-electron chi connectivity index (χ4n) is 1.62. The zero-order valence-corrected chi connectivity index (χ0v) is 13.6. The van der Waals surface area contributed by atoms with Crippen LogP contribution in [0.2, 0.25) is 0 Å². The van der Waals surface area contributed by atoms with Gasteiger partial charge in [0.2, 0.25) is 0 Å². The van der Waals surface area contributed by atoms with Crippen molar-refractivity contribution >= 4 is 24.8 Å². The lowest BCUT2D eigenvalue weighted by Gasteiger charge is -2.10. The molecule has 5 heteroatoms. The monoisotopic (exact) mass is 308 g/mol. The number of hydrogen-bond donors (Lipinski definition) is 1. The van der Waals surface area contributed by atoms with Gasteiger partial charge in [0.25, 0.3) is 0 Å². The summed E-state index contributed by atoms with van der Waals surface area (Å²) in [5.74, 6) is 0.948. The summed E-state index contributed by atoms with van der Waals surface area (Å²) >= 11 is 0. The maximum Gasteiger partial charge on any atom is 0.119 e. The second-order valence-corrected chi connectivity index (χ2v) is 4.41. The van der Waals surface area contributed by atoms with Crippen LogP contribution in [0.25, 0.3) is 0 Å². The zero-order valence-electron chi connectivity index (χ0n) is 12.0. The molecule has 112 valence electrons. The van der Waals surface area contributed by atoms with Crippen LogP contribution in [0.3, 0.4) is 0 Å². The van der Waals surface area contributed by atoms with Crippen LogP contribution in [0.5, 0.6) is 5.75 Å². The minimum atomic E-state index is 0. The number of halogens is 2. The van der Waals surface area contributed by atoms with Crippen LogP contribution in [0.15, 0.2) is 24.3 Å². The van der Waals surface area contributed by atoms with Gasteiger partial charge in [-0.2, -0.15) is 0 Å². The van der Waals surface area contributed by atoms with Crippen molar-refractivity contribution in [2.75, 3.05) is 33.8 Å². The quantitative estimate of drug-likeness (QED) is 0.747. The second-order valence-electron chi connectivity index (χ2n) is 4.41. The molecule has 0 heterocycles. The third kappa shape index (κ3) is 10.0. The summed E-state index contributed by atoms with van der Waals surface area (Å²) in [7, 11) is 4.21. The maximum absolute atomic E-state index is 5.40. The Morgan fingerprint density at radius 3 is 2.26 bits per heavy atom. The van der Waals surface area contributed by atoms with Gasteiger partial charge < -0.3 is 15.0 Å². The topological polar surface area (TPSA) is 24.5 Å². The number of hydrogen-bond acceptors (Lipinski definition) is 3. The van der Waals surface area contributed by atoms with Gasteiger partial charge in [0.05, 0.1) is 6.61 Å². The van der Waals surface area contributed by atoms with Gasteiger partial charge in [-0.25, -0.2) is 0 Å². The van der Waals surface area contributed by atoms with Gasteiger partial charge in [0, 0.05) is 6.54 Å². The number of ether oxygens (including phenoxy) is 1. The standard InChI is InChI=1S/C14H24N2O.2ClH/c1-4-17-14-8-6-13(7-9-14)12-15-10-5-11-16(2)3;;/h6-9,15H,4-5,10-12H2,1-3H3;2*1H. The average Bonchev–Trinajstić information content (AvgIpc) is 2.31. The zero-order chi connectivity index (χ0) is 12.5. The van der Waals surface area contributed by atoms with Gasteiger partial charge >= 0.3 is 0 Å². The van der Waals surface area contributed by atoms with E-state index in [4.69, 9.17) is 4.74 Å². The first-order valence-electron chi connectivity index (χ1n) is 6.29. The van der Waals surface area contributed by atoms with Crippen LogP contribution in [0.1, 0.15) is 18.9 Å². The van der Waals surface area contributed by atoms with Crippen molar-refractivity contribution in [3.8, 4) is 5.75 Å². The molecule has 0 saturated heterocycles. The summed E-state index contributed by atoms with van der Waals surface area (Å²) in [6.07, 6.45) is 1.18. The molecule has 19 heavy (non-hydrogen) atoms. The third-order valence-electron chi connectivity index (χ3n) is 2.52. The number of nitrogens with zero attached hydrogens (tertiary/aromatic N) is 1. The minimum Gasteiger partial charge on any atom is -0.494 e. The molecule has 0 aromatic heterocycles. The third-order valence-corrected chi connectivity index (χ3v) is 2.52. The van der Waals surface area contributed by atoms with E-state index in [0.29, 0.717) is 0 Å². The van der Waals surface area contributed by atoms with Gasteiger partial charge in [0.1, 0.15) is 5.75 Å². The molecule has 0 fully saturated rings. The van der Waals surface area contributed by atoms with Gasteiger partial charge in [-0.05, 0) is 58.2 Å². The maximum atomic E-state index is 5.40. The van der Waals surface area contributed by atoms with E-state index in [1.54, 1.807) is 0 Å². The first-order valence-corrected chi connectivity index (χ1v) is 6.29. The fraction of sp³-hybridized carbons (Fsp3) is 0.571. The van der Waals surface area contributed by atoms with E-state index in [1.165, 1.54) is 12.0 Å². The molecule has 0 unspecified atom stereocenters. The van der Waals surface area contributed by atoms with E-state index in [2.05, 4.69) is 36.4 Å². The first-order chi connectivity index (χ1) is 8.22. The Balaban J connectivity index is 0. The molecule has 0 bridgehead atoms. The molecule has 0 aliphatic rings. The molecule has 0 saturated carbocycles. The summed E-state index contributed by atoms with van der Waals surface area (Å²) < 4.78 is 5.40. The van der Waals surface area contributed by atoms with Crippen molar-refractivity contribution in [1.29, 1.82) is 0 Å². The van der Waals surface area contributed by atoms with Gasteiger partial charge in [-0.15, -0.1) is 24.8 Å². The van der Waals surface area contributed by atoms with E-state index in [1.807, 2.05) is 19.1 Å². The largest absolute Gasteiger partial charge is 0.494 e. The highest BCUT2D eigenvalue weighted by molar-refractivity contribution is 5.85. The van der Waals surface area contributed by atoms with Crippen LogP contribution in [-0.2, 0) is 6.54 Å². The van der Waals surface area contributed by atoms with E-state index in [9.17, 15) is 0 Å². The summed E-state index contributed by atoms with van der Waals surface area (Å²) in [5, 5.41) is 3.44. The molecule has 0 aliphatic heterocycles. The van der Waals surface area contributed by atoms with Crippen LogP contribution in [0, 0.1) is 0 Å². The summed E-state index contributed by atoms with van der Waals surface area (Å²) in [5.41, 5.74) is 1.30. The molecule has 1 aromatic carbocycles. The predicted molar refractivity (Wildman–Crippen MR) is 87.0 cm³/mol. The van der Waals surface area contributed by atoms with Crippen molar-refractivity contribution in [1.82, 2.24) is 10.2 Å². The van der Waals surface area contributed by atoms with Crippen LogP contribution in [-0.4, -0.2) is 38.7 Å². The lowest BCUT2D eigenvalue weighted by atomic mass is 10.2. The average molecular weight is 309 g/mol. The van der Waals surface area contributed by atoms with Crippen molar-refractivity contribution in [2.45, 2.75) is 19.9 Å². The van der Waals surface area contributed by atoms with E-state index < -0.39 is 0 Å². The number of nitrogens with one attached hydrogen (secondary N) is 1. The van der Waals surface area contributed by atoms with Gasteiger partial charge in [-0.3, -0.25) is 0 Å². The molecule has 0 radical (unpaired) electrons. The fourth-order valence-corrected chi connectivity index (χ4v) is 1.62. The molecule has 1 rings (SSSR count). The van der Waals surface area contributed by atoms with Crippen LogP contribution >= 0.6 is 24.8 Å². The van der Waals surface area contributed by atoms with E-state index in [-0.39, 0.29) is 24.8 Å². The summed E-state index contributed by atoms with van der Waals surface area (Å²) in [4.78, 5) is 2.21. The first kappa shape index (κ1) is 20.8. The van der Waals surface area contributed by atoms with Crippen molar-refractivity contribution in [3.63, 3.8) is 0 Å². The van der Waals surface area contributed by atoms with E-state index in [0.717, 1.165) is 32.0 Å². The normalized spacial score (nSPS) is 9.68. The van der Waals surface area contributed by atoms with Crippen molar-refractivity contribution in [2.24, 2.45) is 0 Å². The van der Waals surface area contributed by atoms with Crippen LogP contribution in [0.4, 0.5) is 0 Å². The molecule has 3 nitrogen and oxygen atoms in total. The molecule has 1 aromatic rings. The Hall–Kier alpha value is -0.480. The molecule has 0 aliphatic carbocycles. The molecule has 0 spiro atoms. The van der Waals surface area contributed by atoms with E-state index >= 15 is 0 Å². The number of benzene rings is 1. The minimum absolute atomic E-state index is 0. The molecule has 0 atom stereocenters. The predicted octanol–water partition coefficient (Wildman–Crippen LogP) is 2.97. The lowest BCUT2D eigenvalue weighted by Crippen LogP contribution is -2.20. The summed E-state index contributed by atoms with van der Waals surface area (Å²) in [6.45, 7) is 5.85. The van der Waals surface area contributed by atoms with Gasteiger partial charge in [0.15, 0.2) is 0 Å². The lowest BCUT2D eigenvalue weighted by molar-refractivity contribution is 0.340. The SMILES string of the molecule is CCOc1ccc(CNCCCN(C)C)cc1.Cl.Cl. The Morgan fingerprint density at radius 1 is 1.11 bits per heavy atom. The number of rotatable bonds is 8. The van der Waals surface area contributed by atoms with Crippen molar-refractivity contribution in [3.05, 3.63) is 29.8 Å². The highest BCUT2D eigenvalue weighted by Crippen LogP contribution is 2.11. The molecule has 0 amide bonds. The van der Waals surface area contributed by atoms with Crippen LogP contribution < -0.4 is 10.1 Å². The molecule has 1 N–H and O–H groups in total. The van der Waals surface area contributed by atoms with Crippen molar-refractivity contribution < 1.29 is 4.74 Å². The summed E-state index contributed by atoms with van der Waals surface area (Å²) in [6, 6.07) is 8.29. The Bertz CT molecular complexity index is 305. The highest BCUT2D eigenvalue weighted by Gasteiger charge is 1.95.